The smallest absolute Gasteiger partial charge is 0.220 e. The van der Waals surface area contributed by atoms with Crippen molar-refractivity contribution in [2.75, 3.05) is 6.54 Å². The summed E-state index contributed by atoms with van der Waals surface area (Å²) in [6.45, 7) is 5.21. The summed E-state index contributed by atoms with van der Waals surface area (Å²) in [5.74, 6) is 0.807. The fraction of sp³-hybridized carbons (Fsp3) is 0.667. The number of halogens is 1. The van der Waals surface area contributed by atoms with Gasteiger partial charge in [0.1, 0.15) is 0 Å². The Kier molecular flexibility index (Phi) is 7.33. The third-order valence-electron chi connectivity index (χ3n) is 6.41. The maximum Gasteiger partial charge on any atom is 0.220 e. The molecule has 0 aliphatic carbocycles. The first-order valence-corrected chi connectivity index (χ1v) is 9.73. The van der Waals surface area contributed by atoms with Gasteiger partial charge in [0.05, 0.1) is 0 Å². The molecule has 2 atom stereocenters. The van der Waals surface area contributed by atoms with Gasteiger partial charge in [-0.25, -0.2) is 0 Å². The van der Waals surface area contributed by atoms with E-state index in [1.54, 1.807) is 0 Å². The molecule has 3 nitrogen and oxygen atoms in total. The zero-order valence-corrected chi connectivity index (χ0v) is 16.4. The van der Waals surface area contributed by atoms with Crippen molar-refractivity contribution in [3.05, 3.63) is 35.9 Å². The van der Waals surface area contributed by atoms with Crippen molar-refractivity contribution in [3.8, 4) is 0 Å². The number of benzene rings is 1. The Labute approximate surface area is 158 Å². The third-order valence-corrected chi connectivity index (χ3v) is 6.41. The number of carbonyl (C=O) groups is 1. The molecule has 2 heterocycles. The number of hydrogen-bond acceptors (Lipinski definition) is 2. The number of nitrogens with one attached hydrogen (secondary N) is 2. The Morgan fingerprint density at radius 2 is 1.72 bits per heavy atom. The van der Waals surface area contributed by atoms with E-state index in [9.17, 15) is 4.79 Å². The highest BCUT2D eigenvalue weighted by molar-refractivity contribution is 5.85. The predicted octanol–water partition coefficient (Wildman–Crippen LogP) is 4.20. The Hall–Kier alpha value is -1.06. The van der Waals surface area contributed by atoms with Crippen LogP contribution in [0, 0.1) is 5.92 Å². The van der Waals surface area contributed by atoms with Crippen LogP contribution in [0.5, 0.6) is 0 Å². The summed E-state index contributed by atoms with van der Waals surface area (Å²) in [5.41, 5.74) is 1.40. The largest absolute Gasteiger partial charge is 0.355 e. The molecule has 2 N–H and O–H groups in total. The maximum absolute atomic E-state index is 12.5. The van der Waals surface area contributed by atoms with Gasteiger partial charge in [0.25, 0.3) is 0 Å². The summed E-state index contributed by atoms with van der Waals surface area (Å²) in [5, 5.41) is 6.92. The minimum atomic E-state index is 0. The molecule has 0 spiro atoms. The van der Waals surface area contributed by atoms with Crippen molar-refractivity contribution < 1.29 is 4.79 Å². The van der Waals surface area contributed by atoms with Crippen LogP contribution in [0.4, 0.5) is 0 Å². The van der Waals surface area contributed by atoms with Gasteiger partial charge in [-0.15, -0.1) is 12.4 Å². The van der Waals surface area contributed by atoms with Crippen LogP contribution in [0.15, 0.2) is 30.3 Å². The zero-order chi connectivity index (χ0) is 17.0. The molecule has 1 aromatic rings. The number of piperidine rings is 1. The fourth-order valence-corrected chi connectivity index (χ4v) is 4.75. The van der Waals surface area contributed by atoms with E-state index in [2.05, 4.69) is 54.8 Å². The molecule has 0 radical (unpaired) electrons. The van der Waals surface area contributed by atoms with Crippen LogP contribution in [0.1, 0.15) is 64.4 Å². The van der Waals surface area contributed by atoms with Crippen LogP contribution in [0.2, 0.25) is 0 Å². The zero-order valence-electron chi connectivity index (χ0n) is 15.6. The number of rotatable bonds is 7. The summed E-state index contributed by atoms with van der Waals surface area (Å²) in [4.78, 5) is 12.5. The normalized spacial score (nSPS) is 25.3. The first-order chi connectivity index (χ1) is 11.6. The minimum Gasteiger partial charge on any atom is -0.355 e. The minimum absolute atomic E-state index is 0. The van der Waals surface area contributed by atoms with Crippen molar-refractivity contribution in [1.29, 1.82) is 0 Å². The highest BCUT2D eigenvalue weighted by atomic mass is 35.5. The average Bonchev–Trinajstić information content (AvgIpc) is 2.96. The van der Waals surface area contributed by atoms with E-state index in [1.165, 1.54) is 31.2 Å². The summed E-state index contributed by atoms with van der Waals surface area (Å²) >= 11 is 0. The molecular formula is C21H33ClN2O. The fourth-order valence-electron chi connectivity index (χ4n) is 4.75. The molecule has 2 bridgehead atoms. The molecule has 2 fully saturated rings. The van der Waals surface area contributed by atoms with Gasteiger partial charge in [0.15, 0.2) is 0 Å². The van der Waals surface area contributed by atoms with Gasteiger partial charge in [-0.2, -0.15) is 0 Å². The van der Waals surface area contributed by atoms with Crippen LogP contribution >= 0.6 is 12.4 Å². The van der Waals surface area contributed by atoms with Gasteiger partial charge in [0.2, 0.25) is 5.91 Å². The van der Waals surface area contributed by atoms with Crippen molar-refractivity contribution in [3.63, 3.8) is 0 Å². The van der Waals surface area contributed by atoms with Crippen molar-refractivity contribution in [1.82, 2.24) is 10.6 Å². The highest BCUT2D eigenvalue weighted by Crippen LogP contribution is 2.33. The second-order valence-corrected chi connectivity index (χ2v) is 7.81. The summed E-state index contributed by atoms with van der Waals surface area (Å²) < 4.78 is 0. The van der Waals surface area contributed by atoms with E-state index >= 15 is 0 Å². The van der Waals surface area contributed by atoms with Crippen molar-refractivity contribution in [2.24, 2.45) is 5.92 Å². The lowest BCUT2D eigenvalue weighted by Crippen LogP contribution is -2.42. The molecule has 2 unspecified atom stereocenters. The van der Waals surface area contributed by atoms with E-state index in [4.69, 9.17) is 0 Å². The van der Waals surface area contributed by atoms with Gasteiger partial charge in [0, 0.05) is 30.5 Å². The predicted molar refractivity (Wildman–Crippen MR) is 106 cm³/mol. The van der Waals surface area contributed by atoms with Crippen LogP contribution in [-0.2, 0) is 10.2 Å². The lowest BCUT2D eigenvalue weighted by Gasteiger charge is -2.33. The molecule has 0 saturated carbocycles. The first-order valence-electron chi connectivity index (χ1n) is 9.73. The lowest BCUT2D eigenvalue weighted by atomic mass is 9.75. The van der Waals surface area contributed by atoms with Crippen LogP contribution in [0.3, 0.4) is 0 Å². The quantitative estimate of drug-likeness (QED) is 0.761. The van der Waals surface area contributed by atoms with E-state index in [-0.39, 0.29) is 23.7 Å². The molecule has 140 valence electrons. The second-order valence-electron chi connectivity index (χ2n) is 7.81. The highest BCUT2D eigenvalue weighted by Gasteiger charge is 2.34. The second kappa shape index (κ2) is 9.05. The van der Waals surface area contributed by atoms with Gasteiger partial charge < -0.3 is 10.6 Å². The summed E-state index contributed by atoms with van der Waals surface area (Å²) in [6, 6.07) is 12.0. The van der Waals surface area contributed by atoms with Crippen LogP contribution in [0.25, 0.3) is 0 Å². The van der Waals surface area contributed by atoms with Gasteiger partial charge in [-0.1, -0.05) is 44.2 Å². The topological polar surface area (TPSA) is 41.1 Å². The molecule has 3 rings (SSSR count). The molecular weight excluding hydrogens is 332 g/mol. The molecule has 2 aliphatic heterocycles. The van der Waals surface area contributed by atoms with Gasteiger partial charge >= 0.3 is 0 Å². The Morgan fingerprint density at radius 3 is 2.28 bits per heavy atom. The SMILES string of the molecule is CCC(CC)(CNC(=O)CC1CC2CCC(C1)N2)c1ccccc1.Cl. The van der Waals surface area contributed by atoms with E-state index in [1.807, 2.05) is 0 Å². The Balaban J connectivity index is 0.00000225. The van der Waals surface area contributed by atoms with Crippen molar-refractivity contribution >= 4 is 18.3 Å². The Bertz CT molecular complexity index is 532. The summed E-state index contributed by atoms with van der Waals surface area (Å²) in [7, 11) is 0. The monoisotopic (exact) mass is 364 g/mol. The molecule has 2 aliphatic rings. The van der Waals surface area contributed by atoms with E-state index in [0.717, 1.165) is 19.4 Å². The molecule has 2 saturated heterocycles. The number of amides is 1. The molecule has 1 amide bonds. The molecule has 25 heavy (non-hydrogen) atoms. The first kappa shape index (κ1) is 20.3. The number of fused-ring (bicyclic) bond motifs is 2. The standard InChI is InChI=1S/C21H32N2O.ClH/c1-3-21(4-2,17-8-6-5-7-9-17)15-22-20(24)14-16-12-18-10-11-19(13-16)23-18;/h5-9,16,18-19,23H,3-4,10-15H2,1-2H3,(H,22,24);1H. The van der Waals surface area contributed by atoms with Gasteiger partial charge in [-0.05, 0) is 50.0 Å². The summed E-state index contributed by atoms with van der Waals surface area (Å²) in [6.07, 6.45) is 7.74. The number of carbonyl (C=O) groups excluding carboxylic acids is 1. The third kappa shape index (κ3) is 4.77. The average molecular weight is 365 g/mol. The van der Waals surface area contributed by atoms with E-state index in [0.29, 0.717) is 24.4 Å². The van der Waals surface area contributed by atoms with Gasteiger partial charge in [-0.3, -0.25) is 4.79 Å². The van der Waals surface area contributed by atoms with Crippen LogP contribution < -0.4 is 10.6 Å². The van der Waals surface area contributed by atoms with E-state index < -0.39 is 0 Å². The van der Waals surface area contributed by atoms with Crippen molar-refractivity contribution in [2.45, 2.75) is 76.3 Å². The molecule has 4 heteroatoms. The number of hydrogen-bond donors (Lipinski definition) is 2. The lowest BCUT2D eigenvalue weighted by molar-refractivity contribution is -0.122. The molecule has 0 aromatic heterocycles. The molecule has 1 aromatic carbocycles. The Morgan fingerprint density at radius 1 is 1.12 bits per heavy atom. The maximum atomic E-state index is 12.5. The van der Waals surface area contributed by atoms with Crippen LogP contribution in [-0.4, -0.2) is 24.5 Å².